The summed E-state index contributed by atoms with van der Waals surface area (Å²) >= 11 is 1.16. The van der Waals surface area contributed by atoms with Gasteiger partial charge in [0.2, 0.25) is 0 Å². The molecule has 1 heterocycles. The second-order valence-electron chi connectivity index (χ2n) is 4.63. The third kappa shape index (κ3) is 2.91. The van der Waals surface area contributed by atoms with Crippen molar-refractivity contribution in [1.29, 1.82) is 0 Å². The largest absolute Gasteiger partial charge is 0.489 e. The number of nitrogen functional groups attached to an aromatic ring is 1. The van der Waals surface area contributed by atoms with Crippen LogP contribution in [0.2, 0.25) is 0 Å². The summed E-state index contributed by atoms with van der Waals surface area (Å²) in [4.78, 5) is 15.7. The second-order valence-corrected chi connectivity index (χ2v) is 5.84. The van der Waals surface area contributed by atoms with Gasteiger partial charge >= 0.3 is 5.97 Å². The summed E-state index contributed by atoms with van der Waals surface area (Å²) in [7, 11) is 0. The molecule has 0 spiro atoms. The van der Waals surface area contributed by atoms with Crippen molar-refractivity contribution in [3.63, 3.8) is 0 Å². The number of aromatic nitrogens is 1. The molecule has 1 aromatic heterocycles. The van der Waals surface area contributed by atoms with E-state index in [4.69, 9.17) is 10.5 Å². The van der Waals surface area contributed by atoms with Crippen LogP contribution in [-0.2, 0) is 0 Å². The third-order valence-electron chi connectivity index (χ3n) is 2.57. The number of nitrogens with zero attached hydrogens (tertiary/aromatic N) is 1. The number of aryl methyl sites for hydroxylation is 1. The highest BCUT2D eigenvalue weighted by Crippen LogP contribution is 2.32. The number of thiazole rings is 1. The van der Waals surface area contributed by atoms with Gasteiger partial charge in [-0.15, -0.1) is 11.3 Å². The highest BCUT2D eigenvalue weighted by molar-refractivity contribution is 7.14. The van der Waals surface area contributed by atoms with E-state index in [1.807, 2.05) is 13.8 Å². The number of carboxylic acid groups (broad SMARTS) is 1. The Balaban J connectivity index is 2.44. The molecule has 2 rings (SSSR count). The fourth-order valence-electron chi connectivity index (χ4n) is 1.82. The number of benzene rings is 1. The predicted octanol–water partition coefficient (Wildman–Crippen LogP) is 3.19. The van der Waals surface area contributed by atoms with Gasteiger partial charge in [0, 0.05) is 5.56 Å². The average Bonchev–Trinajstić information content (AvgIpc) is 2.73. The molecule has 3 N–H and O–H groups in total. The predicted molar refractivity (Wildman–Crippen MR) is 79.4 cm³/mol. The maximum atomic E-state index is 11.2. The molecule has 0 aliphatic heterocycles. The third-order valence-corrected chi connectivity index (χ3v) is 3.53. The summed E-state index contributed by atoms with van der Waals surface area (Å²) in [6, 6.07) is 5.21. The lowest BCUT2D eigenvalue weighted by atomic mass is 10.1. The number of aromatic carboxylic acids is 1. The summed E-state index contributed by atoms with van der Waals surface area (Å²) < 4.78 is 5.56. The number of hydrogen-bond acceptors (Lipinski definition) is 5. The van der Waals surface area contributed by atoms with E-state index in [9.17, 15) is 9.90 Å². The standard InChI is InChI=1S/C14H16N2O3S/c1-7(2)19-11-5-4-9(6-10(11)15)12-13(14(17)18)20-8(3)16-12/h4-7H,15H2,1-3H3,(H,17,18). The first-order valence-corrected chi connectivity index (χ1v) is 6.97. The zero-order valence-electron chi connectivity index (χ0n) is 11.5. The van der Waals surface area contributed by atoms with Crippen molar-refractivity contribution in [2.45, 2.75) is 26.9 Å². The van der Waals surface area contributed by atoms with Crippen LogP contribution in [0.25, 0.3) is 11.3 Å². The summed E-state index contributed by atoms with van der Waals surface area (Å²) in [5.41, 5.74) is 7.54. The first kappa shape index (κ1) is 14.3. The fraction of sp³-hybridized carbons (Fsp3) is 0.286. The van der Waals surface area contributed by atoms with Crippen LogP contribution < -0.4 is 10.5 Å². The van der Waals surface area contributed by atoms with Gasteiger partial charge in [-0.05, 0) is 39.0 Å². The molecule has 20 heavy (non-hydrogen) atoms. The van der Waals surface area contributed by atoms with E-state index in [0.29, 0.717) is 27.7 Å². The zero-order valence-corrected chi connectivity index (χ0v) is 12.3. The first-order valence-electron chi connectivity index (χ1n) is 6.15. The Labute approximate surface area is 121 Å². The molecule has 0 fully saturated rings. The number of anilines is 1. The van der Waals surface area contributed by atoms with Gasteiger partial charge < -0.3 is 15.6 Å². The number of nitrogens with two attached hydrogens (primary N) is 1. The lowest BCUT2D eigenvalue weighted by Crippen LogP contribution is -2.07. The molecule has 0 bridgehead atoms. The molecule has 0 unspecified atom stereocenters. The van der Waals surface area contributed by atoms with E-state index in [2.05, 4.69) is 4.98 Å². The molecule has 106 valence electrons. The van der Waals surface area contributed by atoms with Crippen molar-refractivity contribution in [3.8, 4) is 17.0 Å². The van der Waals surface area contributed by atoms with Gasteiger partial charge in [0.1, 0.15) is 10.6 Å². The Morgan fingerprint density at radius 1 is 1.45 bits per heavy atom. The number of rotatable bonds is 4. The van der Waals surface area contributed by atoms with Gasteiger partial charge in [-0.2, -0.15) is 0 Å². The van der Waals surface area contributed by atoms with Crippen molar-refractivity contribution in [1.82, 2.24) is 4.98 Å². The van der Waals surface area contributed by atoms with Crippen LogP contribution in [0.4, 0.5) is 5.69 Å². The molecule has 0 saturated carbocycles. The Bertz CT molecular complexity index is 650. The number of ether oxygens (including phenoxy) is 1. The minimum absolute atomic E-state index is 0.0271. The molecular weight excluding hydrogens is 276 g/mol. The molecule has 0 amide bonds. The molecule has 1 aromatic carbocycles. The minimum Gasteiger partial charge on any atom is -0.489 e. The Kier molecular flexibility index (Phi) is 3.94. The average molecular weight is 292 g/mol. The molecular formula is C14H16N2O3S. The zero-order chi connectivity index (χ0) is 14.9. The van der Waals surface area contributed by atoms with Crippen LogP contribution in [0.1, 0.15) is 28.5 Å². The maximum Gasteiger partial charge on any atom is 0.348 e. The van der Waals surface area contributed by atoms with Gasteiger partial charge in [0.25, 0.3) is 0 Å². The highest BCUT2D eigenvalue weighted by Gasteiger charge is 2.18. The molecule has 0 aliphatic carbocycles. The number of hydrogen-bond donors (Lipinski definition) is 2. The van der Waals surface area contributed by atoms with Crippen LogP contribution in [0.15, 0.2) is 18.2 Å². The number of carbonyl (C=O) groups is 1. The van der Waals surface area contributed by atoms with Gasteiger partial charge in [-0.3, -0.25) is 0 Å². The van der Waals surface area contributed by atoms with Crippen LogP contribution >= 0.6 is 11.3 Å². The van der Waals surface area contributed by atoms with Crippen molar-refractivity contribution in [2.24, 2.45) is 0 Å². The SMILES string of the molecule is Cc1nc(-c2ccc(OC(C)C)c(N)c2)c(C(=O)O)s1. The Morgan fingerprint density at radius 3 is 2.70 bits per heavy atom. The molecule has 0 radical (unpaired) electrons. The lowest BCUT2D eigenvalue weighted by molar-refractivity contribution is 0.0702. The van der Waals surface area contributed by atoms with E-state index >= 15 is 0 Å². The van der Waals surface area contributed by atoms with E-state index in [1.165, 1.54) is 0 Å². The minimum atomic E-state index is -0.980. The van der Waals surface area contributed by atoms with Gasteiger partial charge in [-0.25, -0.2) is 9.78 Å². The summed E-state index contributed by atoms with van der Waals surface area (Å²) in [5, 5.41) is 9.90. The monoisotopic (exact) mass is 292 g/mol. The fourth-order valence-corrected chi connectivity index (χ4v) is 2.60. The Hall–Kier alpha value is -2.08. The molecule has 2 aromatic rings. The summed E-state index contributed by atoms with van der Waals surface area (Å²) in [6.45, 7) is 5.61. The first-order chi connectivity index (χ1) is 9.38. The molecule has 0 saturated heterocycles. The van der Waals surface area contributed by atoms with Crippen LogP contribution in [0, 0.1) is 6.92 Å². The second kappa shape index (κ2) is 5.50. The summed E-state index contributed by atoms with van der Waals surface area (Å²) in [5.74, 6) is -0.390. The van der Waals surface area contributed by atoms with E-state index in [-0.39, 0.29) is 11.0 Å². The van der Waals surface area contributed by atoms with Crippen molar-refractivity contribution < 1.29 is 14.6 Å². The molecule has 6 heteroatoms. The van der Waals surface area contributed by atoms with Crippen LogP contribution in [-0.4, -0.2) is 22.2 Å². The quantitative estimate of drug-likeness (QED) is 0.845. The normalized spacial score (nSPS) is 10.8. The van der Waals surface area contributed by atoms with Gasteiger partial charge in [0.05, 0.1) is 22.5 Å². The van der Waals surface area contributed by atoms with Crippen molar-refractivity contribution >= 4 is 23.0 Å². The van der Waals surface area contributed by atoms with E-state index in [0.717, 1.165) is 11.3 Å². The van der Waals surface area contributed by atoms with Crippen LogP contribution in [0.3, 0.4) is 0 Å². The van der Waals surface area contributed by atoms with Crippen molar-refractivity contribution in [2.75, 3.05) is 5.73 Å². The maximum absolute atomic E-state index is 11.2. The summed E-state index contributed by atoms with van der Waals surface area (Å²) in [6.07, 6.45) is 0.0271. The van der Waals surface area contributed by atoms with Crippen LogP contribution in [0.5, 0.6) is 5.75 Å². The van der Waals surface area contributed by atoms with Gasteiger partial charge in [-0.1, -0.05) is 0 Å². The lowest BCUT2D eigenvalue weighted by Gasteiger charge is -2.12. The van der Waals surface area contributed by atoms with Gasteiger partial charge in [0.15, 0.2) is 0 Å². The Morgan fingerprint density at radius 2 is 2.15 bits per heavy atom. The van der Waals surface area contributed by atoms with E-state index in [1.54, 1.807) is 25.1 Å². The van der Waals surface area contributed by atoms with Crippen molar-refractivity contribution in [3.05, 3.63) is 28.1 Å². The molecule has 0 aliphatic rings. The molecule has 5 nitrogen and oxygen atoms in total. The number of carboxylic acids is 1. The highest BCUT2D eigenvalue weighted by atomic mass is 32.1. The smallest absolute Gasteiger partial charge is 0.348 e. The van der Waals surface area contributed by atoms with E-state index < -0.39 is 5.97 Å². The topological polar surface area (TPSA) is 85.4 Å². The molecule has 0 atom stereocenters.